The Balaban J connectivity index is 1.45. The maximum Gasteiger partial charge on any atom is 0.273 e. The van der Waals surface area contributed by atoms with Gasteiger partial charge in [-0.05, 0) is 36.8 Å². The number of hydrogen-bond donors (Lipinski definition) is 2. The van der Waals surface area contributed by atoms with Gasteiger partial charge in [0.25, 0.3) is 5.91 Å². The molecule has 1 aromatic carbocycles. The zero-order valence-electron chi connectivity index (χ0n) is 13.3. The SMILES string of the molecule is O=C(Nc1cnn(C2CCOC2)c1)c1cc(-c2ccc(F)cc2)n[nH]1. The molecular weight excluding hydrogens is 325 g/mol. The topological polar surface area (TPSA) is 84.8 Å². The van der Waals surface area contributed by atoms with Gasteiger partial charge in [0.2, 0.25) is 0 Å². The van der Waals surface area contributed by atoms with E-state index in [1.165, 1.54) is 12.1 Å². The number of benzene rings is 1. The van der Waals surface area contributed by atoms with Gasteiger partial charge in [-0.25, -0.2) is 4.39 Å². The van der Waals surface area contributed by atoms with Gasteiger partial charge in [0.1, 0.15) is 11.5 Å². The van der Waals surface area contributed by atoms with Gasteiger partial charge in [-0.2, -0.15) is 10.2 Å². The van der Waals surface area contributed by atoms with Crippen LogP contribution in [0, 0.1) is 5.82 Å². The summed E-state index contributed by atoms with van der Waals surface area (Å²) in [6.07, 6.45) is 4.30. The Morgan fingerprint density at radius 3 is 2.96 bits per heavy atom. The number of amides is 1. The number of ether oxygens (including phenoxy) is 1. The quantitative estimate of drug-likeness (QED) is 0.764. The number of aromatic nitrogens is 4. The van der Waals surface area contributed by atoms with Gasteiger partial charge in [-0.15, -0.1) is 0 Å². The Bertz CT molecular complexity index is 881. The van der Waals surface area contributed by atoms with E-state index in [0.717, 1.165) is 18.6 Å². The van der Waals surface area contributed by atoms with Crippen LogP contribution in [0.2, 0.25) is 0 Å². The molecule has 8 heteroatoms. The molecule has 1 fully saturated rings. The predicted molar refractivity (Wildman–Crippen MR) is 88.6 cm³/mol. The van der Waals surface area contributed by atoms with Crippen LogP contribution in [0.4, 0.5) is 10.1 Å². The highest BCUT2D eigenvalue weighted by molar-refractivity contribution is 6.03. The van der Waals surface area contributed by atoms with Crippen LogP contribution in [0.15, 0.2) is 42.7 Å². The highest BCUT2D eigenvalue weighted by atomic mass is 19.1. The highest BCUT2D eigenvalue weighted by Crippen LogP contribution is 2.21. The van der Waals surface area contributed by atoms with Crippen molar-refractivity contribution in [1.82, 2.24) is 20.0 Å². The molecule has 1 atom stereocenters. The largest absolute Gasteiger partial charge is 0.379 e. The fourth-order valence-corrected chi connectivity index (χ4v) is 2.74. The lowest BCUT2D eigenvalue weighted by Crippen LogP contribution is -2.12. The number of carbonyl (C=O) groups is 1. The predicted octanol–water partition coefficient (Wildman–Crippen LogP) is 2.63. The minimum Gasteiger partial charge on any atom is -0.379 e. The molecule has 0 radical (unpaired) electrons. The monoisotopic (exact) mass is 341 g/mol. The van der Waals surface area contributed by atoms with E-state index in [0.29, 0.717) is 23.7 Å². The molecule has 0 bridgehead atoms. The third-order valence-electron chi connectivity index (χ3n) is 4.10. The van der Waals surface area contributed by atoms with Crippen LogP contribution in [0.1, 0.15) is 23.0 Å². The summed E-state index contributed by atoms with van der Waals surface area (Å²) in [6.45, 7) is 1.36. The van der Waals surface area contributed by atoms with Crippen molar-refractivity contribution >= 4 is 11.6 Å². The number of hydrogen-bond acceptors (Lipinski definition) is 4. The molecule has 4 rings (SSSR count). The molecule has 0 aliphatic carbocycles. The molecule has 1 saturated heterocycles. The molecule has 3 heterocycles. The van der Waals surface area contributed by atoms with Crippen LogP contribution < -0.4 is 5.32 Å². The van der Waals surface area contributed by atoms with Crippen molar-refractivity contribution in [3.8, 4) is 11.3 Å². The molecule has 7 nitrogen and oxygen atoms in total. The second-order valence-corrected chi connectivity index (χ2v) is 5.85. The van der Waals surface area contributed by atoms with Crippen LogP contribution in [0.3, 0.4) is 0 Å². The number of anilines is 1. The minimum atomic E-state index is -0.318. The second-order valence-electron chi connectivity index (χ2n) is 5.85. The standard InChI is InChI=1S/C17H16FN5O2/c18-12-3-1-11(2-4-12)15-7-16(22-21-15)17(24)20-13-8-19-23(9-13)14-5-6-25-10-14/h1-4,7-9,14H,5-6,10H2,(H,20,24)(H,21,22). The minimum absolute atomic E-state index is 0.211. The molecule has 1 aliphatic heterocycles. The van der Waals surface area contributed by atoms with Gasteiger partial charge in [0.05, 0.1) is 30.2 Å². The fourth-order valence-electron chi connectivity index (χ4n) is 2.74. The first-order valence-electron chi connectivity index (χ1n) is 7.93. The van der Waals surface area contributed by atoms with Crippen LogP contribution in [-0.2, 0) is 4.74 Å². The van der Waals surface area contributed by atoms with Crippen LogP contribution >= 0.6 is 0 Å². The van der Waals surface area contributed by atoms with Crippen molar-refractivity contribution in [3.05, 3.63) is 54.2 Å². The summed E-state index contributed by atoms with van der Waals surface area (Å²) in [5, 5.41) is 13.8. The summed E-state index contributed by atoms with van der Waals surface area (Å²) in [6, 6.07) is 7.76. The maximum absolute atomic E-state index is 13.0. The molecule has 3 aromatic rings. The average Bonchev–Trinajstić information content (AvgIpc) is 3.36. The highest BCUT2D eigenvalue weighted by Gasteiger charge is 2.19. The summed E-state index contributed by atoms with van der Waals surface area (Å²) < 4.78 is 20.1. The molecule has 25 heavy (non-hydrogen) atoms. The number of H-pyrrole nitrogens is 1. The van der Waals surface area contributed by atoms with E-state index in [-0.39, 0.29) is 17.8 Å². The Morgan fingerprint density at radius 2 is 2.20 bits per heavy atom. The van der Waals surface area contributed by atoms with Crippen molar-refractivity contribution in [2.24, 2.45) is 0 Å². The summed E-state index contributed by atoms with van der Waals surface area (Å²) >= 11 is 0. The van der Waals surface area contributed by atoms with Crippen LogP contribution in [0.5, 0.6) is 0 Å². The molecule has 128 valence electrons. The molecule has 0 spiro atoms. The van der Waals surface area contributed by atoms with Crippen molar-refractivity contribution < 1.29 is 13.9 Å². The lowest BCUT2D eigenvalue weighted by Gasteiger charge is -2.06. The van der Waals surface area contributed by atoms with E-state index in [1.807, 2.05) is 0 Å². The summed E-state index contributed by atoms with van der Waals surface area (Å²) in [4.78, 5) is 12.3. The van der Waals surface area contributed by atoms with E-state index in [2.05, 4.69) is 20.6 Å². The molecule has 2 aromatic heterocycles. The molecule has 1 aliphatic rings. The van der Waals surface area contributed by atoms with E-state index in [4.69, 9.17) is 4.74 Å². The number of carbonyl (C=O) groups excluding carboxylic acids is 1. The summed E-state index contributed by atoms with van der Waals surface area (Å²) in [5.74, 6) is -0.634. The van der Waals surface area contributed by atoms with Crippen molar-refractivity contribution in [2.45, 2.75) is 12.5 Å². The number of nitrogens with one attached hydrogen (secondary N) is 2. The van der Waals surface area contributed by atoms with Gasteiger partial charge < -0.3 is 10.1 Å². The average molecular weight is 341 g/mol. The van der Waals surface area contributed by atoms with E-state index in [9.17, 15) is 9.18 Å². The van der Waals surface area contributed by atoms with Crippen molar-refractivity contribution in [3.63, 3.8) is 0 Å². The lowest BCUT2D eigenvalue weighted by atomic mass is 10.1. The number of rotatable bonds is 4. The maximum atomic E-state index is 13.0. The third kappa shape index (κ3) is 3.29. The van der Waals surface area contributed by atoms with Crippen molar-refractivity contribution in [1.29, 1.82) is 0 Å². The van der Waals surface area contributed by atoms with Gasteiger partial charge >= 0.3 is 0 Å². The molecular formula is C17H16FN5O2. The summed E-state index contributed by atoms with van der Waals surface area (Å²) in [5.41, 5.74) is 2.22. The first-order valence-corrected chi connectivity index (χ1v) is 7.93. The summed E-state index contributed by atoms with van der Waals surface area (Å²) in [7, 11) is 0. The zero-order valence-corrected chi connectivity index (χ0v) is 13.3. The Hall–Kier alpha value is -3.00. The van der Waals surface area contributed by atoms with E-state index < -0.39 is 0 Å². The zero-order chi connectivity index (χ0) is 17.2. The molecule has 0 saturated carbocycles. The van der Waals surface area contributed by atoms with Crippen LogP contribution in [0.25, 0.3) is 11.3 Å². The third-order valence-corrected chi connectivity index (χ3v) is 4.10. The second kappa shape index (κ2) is 6.48. The van der Waals surface area contributed by atoms with Crippen molar-refractivity contribution in [2.75, 3.05) is 18.5 Å². The van der Waals surface area contributed by atoms with Crippen LogP contribution in [-0.4, -0.2) is 39.1 Å². The Kier molecular flexibility index (Phi) is 4.02. The first-order chi connectivity index (χ1) is 12.2. The van der Waals surface area contributed by atoms with Gasteiger partial charge in [0.15, 0.2) is 0 Å². The van der Waals surface area contributed by atoms with Gasteiger partial charge in [0, 0.05) is 18.4 Å². The Morgan fingerprint density at radius 1 is 1.36 bits per heavy atom. The van der Waals surface area contributed by atoms with Gasteiger partial charge in [-0.3, -0.25) is 14.6 Å². The molecule has 1 amide bonds. The number of nitrogens with zero attached hydrogens (tertiary/aromatic N) is 3. The number of halogens is 1. The smallest absolute Gasteiger partial charge is 0.273 e. The first kappa shape index (κ1) is 15.5. The molecule has 2 N–H and O–H groups in total. The number of aromatic amines is 1. The van der Waals surface area contributed by atoms with Gasteiger partial charge in [-0.1, -0.05) is 0 Å². The Labute approximate surface area is 142 Å². The normalized spacial score (nSPS) is 16.9. The lowest BCUT2D eigenvalue weighted by molar-refractivity contribution is 0.102. The molecule has 1 unspecified atom stereocenters. The fraction of sp³-hybridized carbons (Fsp3) is 0.235. The van der Waals surface area contributed by atoms with E-state index in [1.54, 1.807) is 35.3 Å². The van der Waals surface area contributed by atoms with E-state index >= 15 is 0 Å².